The number of hydrogen-bond acceptors (Lipinski definition) is 4. The summed E-state index contributed by atoms with van der Waals surface area (Å²) in [7, 11) is 0. The fourth-order valence-electron chi connectivity index (χ4n) is 2.17. The summed E-state index contributed by atoms with van der Waals surface area (Å²) >= 11 is 0. The van der Waals surface area contributed by atoms with Crippen LogP contribution in [0.15, 0.2) is 0 Å². The monoisotopic (exact) mass is 286 g/mol. The molecule has 2 atom stereocenters. The highest BCUT2D eigenvalue weighted by Gasteiger charge is 2.38. The molecule has 0 bridgehead atoms. The van der Waals surface area contributed by atoms with Crippen LogP contribution < -0.4 is 11.1 Å². The first-order valence-corrected chi connectivity index (χ1v) is 7.60. The Balaban J connectivity index is 2.23. The van der Waals surface area contributed by atoms with E-state index in [9.17, 15) is 4.79 Å². The highest BCUT2D eigenvalue weighted by atomic mass is 16.5. The van der Waals surface area contributed by atoms with Crippen molar-refractivity contribution in [2.24, 2.45) is 11.7 Å². The highest BCUT2D eigenvalue weighted by Crippen LogP contribution is 2.25. The minimum Gasteiger partial charge on any atom is -0.379 e. The molecule has 1 aliphatic rings. The number of carbonyl (C=O) groups excluding carboxylic acids is 1. The lowest BCUT2D eigenvalue weighted by atomic mass is 9.93. The second-order valence-corrected chi connectivity index (χ2v) is 6.47. The van der Waals surface area contributed by atoms with E-state index in [2.05, 4.69) is 19.2 Å². The van der Waals surface area contributed by atoms with Crippen LogP contribution in [0.4, 0.5) is 0 Å². The number of carbonyl (C=O) groups is 1. The van der Waals surface area contributed by atoms with Crippen molar-refractivity contribution in [1.82, 2.24) is 5.32 Å². The topological polar surface area (TPSA) is 73.6 Å². The van der Waals surface area contributed by atoms with Crippen molar-refractivity contribution in [3.8, 4) is 0 Å². The summed E-state index contributed by atoms with van der Waals surface area (Å²) in [5.74, 6) is 0.226. The molecule has 1 fully saturated rings. The molecule has 1 amide bonds. The smallest absolute Gasteiger partial charge is 0.237 e. The van der Waals surface area contributed by atoms with Gasteiger partial charge in [0.1, 0.15) is 0 Å². The molecule has 5 heteroatoms. The van der Waals surface area contributed by atoms with Crippen LogP contribution in [0.3, 0.4) is 0 Å². The van der Waals surface area contributed by atoms with Gasteiger partial charge in [-0.1, -0.05) is 13.8 Å². The minimum absolute atomic E-state index is 0.0265. The van der Waals surface area contributed by atoms with Gasteiger partial charge >= 0.3 is 0 Å². The van der Waals surface area contributed by atoms with Gasteiger partial charge in [0.15, 0.2) is 0 Å². The summed E-state index contributed by atoms with van der Waals surface area (Å²) in [6.45, 7) is 9.95. The molecular weight excluding hydrogens is 256 g/mol. The second kappa shape index (κ2) is 7.96. The number of rotatable bonds is 11. The van der Waals surface area contributed by atoms with Crippen LogP contribution in [-0.2, 0) is 14.3 Å². The Labute approximate surface area is 122 Å². The molecule has 1 rings (SSSR count). The van der Waals surface area contributed by atoms with Crippen molar-refractivity contribution in [1.29, 1.82) is 0 Å². The van der Waals surface area contributed by atoms with E-state index in [0.717, 1.165) is 19.4 Å². The third kappa shape index (κ3) is 6.68. The number of primary amides is 1. The molecule has 0 aliphatic heterocycles. The zero-order chi connectivity index (χ0) is 15.2. The Morgan fingerprint density at radius 1 is 1.35 bits per heavy atom. The van der Waals surface area contributed by atoms with E-state index >= 15 is 0 Å². The number of nitrogens with one attached hydrogen (secondary N) is 1. The Kier molecular flexibility index (Phi) is 6.92. The van der Waals surface area contributed by atoms with Gasteiger partial charge in [-0.2, -0.15) is 0 Å². The zero-order valence-corrected chi connectivity index (χ0v) is 13.3. The summed E-state index contributed by atoms with van der Waals surface area (Å²) < 4.78 is 11.2. The maximum absolute atomic E-state index is 11.7. The molecule has 1 saturated carbocycles. The fraction of sp³-hybridized carbons (Fsp3) is 0.933. The van der Waals surface area contributed by atoms with Crippen LogP contribution in [0.1, 0.15) is 47.0 Å². The van der Waals surface area contributed by atoms with Crippen molar-refractivity contribution >= 4 is 5.91 Å². The van der Waals surface area contributed by atoms with E-state index in [1.807, 2.05) is 13.8 Å². The average molecular weight is 286 g/mol. The van der Waals surface area contributed by atoms with Crippen LogP contribution in [0.25, 0.3) is 0 Å². The SMILES string of the molecule is CC(C)COCCOC(C)CC(C)(NC1CC1)C(N)=O. The lowest BCUT2D eigenvalue weighted by molar-refractivity contribution is -0.125. The molecule has 0 aromatic rings. The van der Waals surface area contributed by atoms with Crippen LogP contribution >= 0.6 is 0 Å². The standard InChI is InChI=1S/C15H30N2O3/c1-11(2)10-19-7-8-20-12(3)9-15(4,14(16)18)17-13-5-6-13/h11-13,17H,5-10H2,1-4H3,(H2,16,18). The second-order valence-electron chi connectivity index (χ2n) is 6.47. The summed E-state index contributed by atoms with van der Waals surface area (Å²) in [5, 5.41) is 3.33. The number of ether oxygens (including phenoxy) is 2. The van der Waals surface area contributed by atoms with Gasteiger partial charge < -0.3 is 20.5 Å². The van der Waals surface area contributed by atoms with Crippen molar-refractivity contribution in [3.63, 3.8) is 0 Å². The molecule has 0 aromatic carbocycles. The molecule has 3 N–H and O–H groups in total. The van der Waals surface area contributed by atoms with Crippen molar-refractivity contribution in [2.45, 2.75) is 64.6 Å². The summed E-state index contributed by atoms with van der Waals surface area (Å²) in [6, 6.07) is 0.439. The third-order valence-electron chi connectivity index (χ3n) is 3.42. The van der Waals surface area contributed by atoms with Crippen LogP contribution in [0.5, 0.6) is 0 Å². The highest BCUT2D eigenvalue weighted by molar-refractivity contribution is 5.84. The van der Waals surface area contributed by atoms with Gasteiger partial charge in [-0.25, -0.2) is 0 Å². The largest absolute Gasteiger partial charge is 0.379 e. The summed E-state index contributed by atoms with van der Waals surface area (Å²) in [6.07, 6.45) is 2.81. The molecule has 20 heavy (non-hydrogen) atoms. The first-order valence-electron chi connectivity index (χ1n) is 7.60. The van der Waals surface area contributed by atoms with Gasteiger partial charge in [0.25, 0.3) is 0 Å². The van der Waals surface area contributed by atoms with Gasteiger partial charge in [-0.15, -0.1) is 0 Å². The molecule has 0 aromatic heterocycles. The fourth-order valence-corrected chi connectivity index (χ4v) is 2.17. The van der Waals surface area contributed by atoms with E-state index in [1.54, 1.807) is 0 Å². The molecule has 0 heterocycles. The van der Waals surface area contributed by atoms with Crippen LogP contribution in [0, 0.1) is 5.92 Å². The van der Waals surface area contributed by atoms with Crippen molar-refractivity contribution in [3.05, 3.63) is 0 Å². The molecule has 0 spiro atoms. The molecule has 0 radical (unpaired) electrons. The quantitative estimate of drug-likeness (QED) is 0.564. The van der Waals surface area contributed by atoms with Crippen LogP contribution in [0.2, 0.25) is 0 Å². The van der Waals surface area contributed by atoms with Gasteiger partial charge in [-0.05, 0) is 32.6 Å². The maximum atomic E-state index is 11.7. The van der Waals surface area contributed by atoms with E-state index in [1.165, 1.54) is 0 Å². The lowest BCUT2D eigenvalue weighted by Gasteiger charge is -2.30. The average Bonchev–Trinajstić information content (AvgIpc) is 3.11. The third-order valence-corrected chi connectivity index (χ3v) is 3.42. The normalized spacial score (nSPS) is 19.9. The molecule has 0 saturated heterocycles. The first kappa shape index (κ1) is 17.4. The van der Waals surface area contributed by atoms with Gasteiger partial charge in [0.2, 0.25) is 5.91 Å². The van der Waals surface area contributed by atoms with E-state index in [-0.39, 0.29) is 12.0 Å². The lowest BCUT2D eigenvalue weighted by Crippen LogP contribution is -2.55. The van der Waals surface area contributed by atoms with Gasteiger partial charge in [-0.3, -0.25) is 4.79 Å². The molecule has 1 aliphatic carbocycles. The Morgan fingerprint density at radius 2 is 2.00 bits per heavy atom. The van der Waals surface area contributed by atoms with Crippen molar-refractivity contribution in [2.75, 3.05) is 19.8 Å². The predicted octanol–water partition coefficient (Wildman–Crippen LogP) is 1.45. The number of nitrogens with two attached hydrogens (primary N) is 1. The number of amides is 1. The molecule has 2 unspecified atom stereocenters. The maximum Gasteiger partial charge on any atom is 0.237 e. The number of hydrogen-bond donors (Lipinski definition) is 2. The summed E-state index contributed by atoms with van der Waals surface area (Å²) in [4.78, 5) is 11.7. The van der Waals surface area contributed by atoms with E-state index in [0.29, 0.717) is 31.6 Å². The molecular formula is C15H30N2O3. The predicted molar refractivity (Wildman–Crippen MR) is 79.4 cm³/mol. The first-order chi connectivity index (χ1) is 9.33. The van der Waals surface area contributed by atoms with E-state index in [4.69, 9.17) is 15.2 Å². The Bertz CT molecular complexity index is 305. The van der Waals surface area contributed by atoms with Gasteiger partial charge in [0.05, 0.1) is 24.9 Å². The Morgan fingerprint density at radius 3 is 2.50 bits per heavy atom. The molecule has 118 valence electrons. The molecule has 5 nitrogen and oxygen atoms in total. The zero-order valence-electron chi connectivity index (χ0n) is 13.3. The minimum atomic E-state index is -0.681. The van der Waals surface area contributed by atoms with Crippen molar-refractivity contribution < 1.29 is 14.3 Å². The van der Waals surface area contributed by atoms with Crippen LogP contribution in [-0.4, -0.2) is 43.4 Å². The summed E-state index contributed by atoms with van der Waals surface area (Å²) in [5.41, 5.74) is 4.84. The van der Waals surface area contributed by atoms with E-state index < -0.39 is 5.54 Å². The Hall–Kier alpha value is -0.650. The van der Waals surface area contributed by atoms with Gasteiger partial charge in [0, 0.05) is 19.1 Å².